The topological polar surface area (TPSA) is 46.2 Å². The molecule has 0 radical (unpaired) electrons. The van der Waals surface area contributed by atoms with E-state index in [1.807, 2.05) is 0 Å². The monoisotopic (exact) mass is 487 g/mol. The van der Waals surface area contributed by atoms with Gasteiger partial charge in [-0.25, -0.2) is 13.1 Å². The van der Waals surface area contributed by atoms with E-state index in [4.69, 9.17) is 0 Å². The molecule has 0 spiro atoms. The quantitative estimate of drug-likeness (QED) is 0.635. The van der Waals surface area contributed by atoms with Crippen molar-refractivity contribution in [2.45, 2.75) is 35.4 Å². The van der Waals surface area contributed by atoms with Gasteiger partial charge < -0.3 is 0 Å². The van der Waals surface area contributed by atoms with E-state index in [1.54, 1.807) is 18.2 Å². The van der Waals surface area contributed by atoms with E-state index in [1.165, 1.54) is 6.42 Å². The molecule has 112 valence electrons. The van der Waals surface area contributed by atoms with E-state index in [9.17, 15) is 8.42 Å². The van der Waals surface area contributed by atoms with Gasteiger partial charge in [-0.1, -0.05) is 38.3 Å². The Labute approximate surface area is 145 Å². The summed E-state index contributed by atoms with van der Waals surface area (Å²) in [6, 6.07) is 5.15. The maximum Gasteiger partial charge on any atom is 0.241 e. The van der Waals surface area contributed by atoms with Crippen molar-refractivity contribution in [1.29, 1.82) is 0 Å². The molecule has 2 atom stereocenters. The van der Waals surface area contributed by atoms with E-state index >= 15 is 0 Å². The molecule has 20 heavy (non-hydrogen) atoms. The summed E-state index contributed by atoms with van der Waals surface area (Å²) in [5, 5.41) is 0. The number of rotatable bonds is 4. The van der Waals surface area contributed by atoms with Crippen LogP contribution in [0.2, 0.25) is 0 Å². The molecule has 1 aliphatic carbocycles. The molecule has 0 aromatic heterocycles. The summed E-state index contributed by atoms with van der Waals surface area (Å²) in [4.78, 5) is 0.793. The largest absolute Gasteiger partial charge is 0.241 e. The highest BCUT2D eigenvalue weighted by molar-refractivity contribution is 9.11. The average Bonchev–Trinajstić information content (AvgIpc) is 2.39. The van der Waals surface area contributed by atoms with Crippen LogP contribution in [0.3, 0.4) is 0 Å². The van der Waals surface area contributed by atoms with Crippen molar-refractivity contribution < 1.29 is 8.42 Å². The van der Waals surface area contributed by atoms with Crippen LogP contribution in [-0.4, -0.2) is 19.8 Å². The fourth-order valence-corrected chi connectivity index (χ4v) is 5.87. The molecule has 2 unspecified atom stereocenters. The number of sulfonamides is 1. The van der Waals surface area contributed by atoms with Crippen molar-refractivity contribution in [3.8, 4) is 0 Å². The second-order valence-electron chi connectivity index (χ2n) is 5.06. The number of halogens is 3. The Morgan fingerprint density at radius 1 is 1.25 bits per heavy atom. The Morgan fingerprint density at radius 3 is 2.70 bits per heavy atom. The minimum atomic E-state index is -3.47. The fraction of sp³-hybridized carbons (Fsp3) is 0.538. The van der Waals surface area contributed by atoms with Gasteiger partial charge in [0.2, 0.25) is 10.0 Å². The molecule has 3 nitrogen and oxygen atoms in total. The predicted octanol–water partition coefficient (Wildman–Crippen LogP) is 4.44. The number of nitrogens with one attached hydrogen (secondary N) is 1. The highest BCUT2D eigenvalue weighted by atomic mass is 79.9. The number of hydrogen-bond donors (Lipinski definition) is 1. The van der Waals surface area contributed by atoms with Crippen LogP contribution < -0.4 is 4.72 Å². The van der Waals surface area contributed by atoms with E-state index in [0.29, 0.717) is 21.8 Å². The van der Waals surface area contributed by atoms with Crippen molar-refractivity contribution in [2.24, 2.45) is 5.92 Å². The third kappa shape index (κ3) is 4.53. The summed E-state index contributed by atoms with van der Waals surface area (Å²) in [5.74, 6) is 0.411. The Hall–Kier alpha value is 0.570. The zero-order chi connectivity index (χ0) is 14.8. The molecule has 1 fully saturated rings. The van der Waals surface area contributed by atoms with E-state index < -0.39 is 10.0 Å². The first-order valence-corrected chi connectivity index (χ1v) is 10.5. The van der Waals surface area contributed by atoms with Gasteiger partial charge in [0, 0.05) is 20.3 Å². The molecule has 1 saturated carbocycles. The van der Waals surface area contributed by atoms with Crippen molar-refractivity contribution >= 4 is 57.8 Å². The Kier molecular flexibility index (Phi) is 6.11. The maximum atomic E-state index is 12.4. The minimum Gasteiger partial charge on any atom is -0.211 e. The van der Waals surface area contributed by atoms with E-state index in [-0.39, 0.29) is 4.90 Å². The minimum absolute atomic E-state index is 0.276. The molecule has 0 amide bonds. The summed E-state index contributed by atoms with van der Waals surface area (Å²) in [7, 11) is -3.47. The van der Waals surface area contributed by atoms with Crippen LogP contribution in [0.1, 0.15) is 25.7 Å². The molecule has 0 bridgehead atoms. The molecule has 1 aromatic rings. The van der Waals surface area contributed by atoms with Gasteiger partial charge in [0.05, 0.1) is 4.90 Å². The summed E-state index contributed by atoms with van der Waals surface area (Å²) in [6.07, 6.45) is 4.45. The molecule has 1 aliphatic rings. The van der Waals surface area contributed by atoms with E-state index in [0.717, 1.165) is 23.7 Å². The van der Waals surface area contributed by atoms with Gasteiger partial charge in [-0.15, -0.1) is 0 Å². The van der Waals surface area contributed by atoms with Gasteiger partial charge in [-0.3, -0.25) is 0 Å². The Balaban J connectivity index is 2.05. The first-order valence-electron chi connectivity index (χ1n) is 6.47. The first kappa shape index (κ1) is 16.9. The normalized spacial score (nSPS) is 23.8. The molecule has 0 heterocycles. The average molecular weight is 490 g/mol. The zero-order valence-corrected chi connectivity index (χ0v) is 16.4. The number of benzene rings is 1. The van der Waals surface area contributed by atoms with E-state index in [2.05, 4.69) is 52.5 Å². The third-order valence-electron chi connectivity index (χ3n) is 3.46. The molecule has 0 aliphatic heterocycles. The van der Waals surface area contributed by atoms with Gasteiger partial charge in [0.1, 0.15) is 0 Å². The molecule has 2 rings (SSSR count). The molecule has 1 aromatic carbocycles. The van der Waals surface area contributed by atoms with Crippen LogP contribution in [0, 0.1) is 5.92 Å². The van der Waals surface area contributed by atoms with Gasteiger partial charge in [0.15, 0.2) is 0 Å². The lowest BCUT2D eigenvalue weighted by Crippen LogP contribution is -2.32. The molecule has 7 heteroatoms. The van der Waals surface area contributed by atoms with Crippen molar-refractivity contribution in [1.82, 2.24) is 4.72 Å². The second-order valence-corrected chi connectivity index (χ2v) is 9.86. The van der Waals surface area contributed by atoms with Crippen LogP contribution >= 0.6 is 47.8 Å². The van der Waals surface area contributed by atoms with Gasteiger partial charge >= 0.3 is 0 Å². The number of hydrogen-bond acceptors (Lipinski definition) is 2. The first-order chi connectivity index (χ1) is 9.38. The standard InChI is InChI=1S/C13H16Br3NO2S/c14-10-3-1-2-9(6-10)8-17-20(18,19)13-7-11(15)4-5-12(13)16/h4-5,7,9-10,17H,1-3,6,8H2. The summed E-state index contributed by atoms with van der Waals surface area (Å²) < 4.78 is 28.8. The highest BCUT2D eigenvalue weighted by Crippen LogP contribution is 2.29. The summed E-state index contributed by atoms with van der Waals surface area (Å²) in [5.41, 5.74) is 0. The van der Waals surface area contributed by atoms with Crippen molar-refractivity contribution in [3.63, 3.8) is 0 Å². The van der Waals surface area contributed by atoms with Crippen LogP contribution in [0.5, 0.6) is 0 Å². The molecular formula is C13H16Br3NO2S. The van der Waals surface area contributed by atoms with Gasteiger partial charge in [0.25, 0.3) is 0 Å². The van der Waals surface area contributed by atoms with Crippen LogP contribution in [0.4, 0.5) is 0 Å². The third-order valence-corrected chi connectivity index (χ3v) is 7.21. The van der Waals surface area contributed by atoms with Crippen molar-refractivity contribution in [2.75, 3.05) is 6.54 Å². The van der Waals surface area contributed by atoms with Crippen LogP contribution in [0.25, 0.3) is 0 Å². The van der Waals surface area contributed by atoms with Gasteiger partial charge in [-0.05, 0) is 59.3 Å². The van der Waals surface area contributed by atoms with Crippen molar-refractivity contribution in [3.05, 3.63) is 27.1 Å². The number of alkyl halides is 1. The highest BCUT2D eigenvalue weighted by Gasteiger charge is 2.23. The lowest BCUT2D eigenvalue weighted by atomic mass is 9.89. The maximum absolute atomic E-state index is 12.4. The smallest absolute Gasteiger partial charge is 0.211 e. The lowest BCUT2D eigenvalue weighted by Gasteiger charge is -2.25. The lowest BCUT2D eigenvalue weighted by molar-refractivity contribution is 0.368. The molecule has 0 saturated heterocycles. The second kappa shape index (κ2) is 7.22. The summed E-state index contributed by atoms with van der Waals surface area (Å²) >= 11 is 10.2. The van der Waals surface area contributed by atoms with Crippen LogP contribution in [0.15, 0.2) is 32.0 Å². The Bertz CT molecular complexity index is 577. The Morgan fingerprint density at radius 2 is 2.00 bits per heavy atom. The summed E-state index contributed by atoms with van der Waals surface area (Å²) in [6.45, 7) is 0.503. The zero-order valence-electron chi connectivity index (χ0n) is 10.8. The van der Waals surface area contributed by atoms with Gasteiger partial charge in [-0.2, -0.15) is 0 Å². The molecular weight excluding hydrogens is 474 g/mol. The van der Waals surface area contributed by atoms with Crippen LogP contribution in [-0.2, 0) is 10.0 Å². The molecule has 1 N–H and O–H groups in total. The fourth-order valence-electron chi connectivity index (χ4n) is 2.40. The SMILES string of the molecule is O=S(=O)(NCC1CCCC(Br)C1)c1cc(Br)ccc1Br. The predicted molar refractivity (Wildman–Crippen MR) is 91.7 cm³/mol.